The Balaban J connectivity index is 2.01. The van der Waals surface area contributed by atoms with E-state index in [4.69, 9.17) is 0 Å². The van der Waals surface area contributed by atoms with Crippen LogP contribution in [0.1, 0.15) is 12.8 Å². The minimum absolute atomic E-state index is 0.605. The summed E-state index contributed by atoms with van der Waals surface area (Å²) in [7, 11) is 2.19. The van der Waals surface area contributed by atoms with Gasteiger partial charge in [0.25, 0.3) is 0 Å². The summed E-state index contributed by atoms with van der Waals surface area (Å²) >= 11 is 0. The molecule has 58 valence electrons. The molecule has 0 aliphatic carbocycles. The van der Waals surface area contributed by atoms with Crippen LogP contribution in [0.3, 0.4) is 0 Å². The summed E-state index contributed by atoms with van der Waals surface area (Å²) in [6.07, 6.45) is 3.31. The second kappa shape index (κ2) is 2.49. The Morgan fingerprint density at radius 2 is 2.30 bits per heavy atom. The molecule has 0 radical (unpaired) electrons. The largest absolute Gasteiger partial charge is 0.290 e. The zero-order chi connectivity index (χ0) is 6.97. The number of nitrogens with one attached hydrogen (secondary N) is 2. The van der Waals surface area contributed by atoms with Crippen molar-refractivity contribution in [3.63, 3.8) is 0 Å². The van der Waals surface area contributed by atoms with Crippen molar-refractivity contribution in [2.45, 2.75) is 19.0 Å². The van der Waals surface area contributed by atoms with Gasteiger partial charge in [-0.2, -0.15) is 0 Å². The van der Waals surface area contributed by atoms with Crippen molar-refractivity contribution in [3.8, 4) is 0 Å². The minimum Gasteiger partial charge on any atom is -0.290 e. The van der Waals surface area contributed by atoms with Gasteiger partial charge in [0.1, 0.15) is 0 Å². The van der Waals surface area contributed by atoms with Crippen molar-refractivity contribution < 1.29 is 0 Å². The first kappa shape index (κ1) is 6.58. The number of hydrogen-bond acceptors (Lipinski definition) is 3. The highest BCUT2D eigenvalue weighted by molar-refractivity contribution is 4.85. The van der Waals surface area contributed by atoms with Crippen LogP contribution in [-0.4, -0.2) is 31.2 Å². The van der Waals surface area contributed by atoms with Crippen LogP contribution >= 0.6 is 0 Å². The van der Waals surface area contributed by atoms with E-state index < -0.39 is 0 Å². The summed E-state index contributed by atoms with van der Waals surface area (Å²) in [6.45, 7) is 2.39. The van der Waals surface area contributed by atoms with Crippen LogP contribution in [0.5, 0.6) is 0 Å². The summed E-state index contributed by atoms with van der Waals surface area (Å²) in [5.41, 5.74) is 6.50. The van der Waals surface area contributed by atoms with Crippen LogP contribution in [0.25, 0.3) is 0 Å². The van der Waals surface area contributed by atoms with E-state index in [0.29, 0.717) is 6.17 Å². The fourth-order valence-corrected chi connectivity index (χ4v) is 1.99. The fraction of sp³-hybridized carbons (Fsp3) is 1.00. The lowest BCUT2D eigenvalue weighted by Gasteiger charge is -2.30. The van der Waals surface area contributed by atoms with Crippen LogP contribution in [-0.2, 0) is 0 Å². The zero-order valence-corrected chi connectivity index (χ0v) is 6.43. The Kier molecular flexibility index (Phi) is 1.64. The van der Waals surface area contributed by atoms with E-state index >= 15 is 0 Å². The molecule has 0 aromatic carbocycles. The molecule has 0 aromatic rings. The highest BCUT2D eigenvalue weighted by atomic mass is 15.5. The highest BCUT2D eigenvalue weighted by Crippen LogP contribution is 2.24. The second-order valence-electron chi connectivity index (χ2n) is 3.33. The molecule has 2 rings (SSSR count). The molecule has 0 spiro atoms. The van der Waals surface area contributed by atoms with Gasteiger partial charge in [-0.3, -0.25) is 10.3 Å². The van der Waals surface area contributed by atoms with Crippen molar-refractivity contribution in [2.24, 2.45) is 5.92 Å². The first-order valence-corrected chi connectivity index (χ1v) is 4.06. The number of nitrogens with zero attached hydrogens (tertiary/aromatic N) is 1. The van der Waals surface area contributed by atoms with E-state index in [1.165, 1.54) is 19.4 Å². The first-order chi connectivity index (χ1) is 4.88. The van der Waals surface area contributed by atoms with E-state index in [0.717, 1.165) is 12.5 Å². The molecule has 0 aromatic heterocycles. The maximum atomic E-state index is 3.31. The summed E-state index contributed by atoms with van der Waals surface area (Å²) in [5, 5.41) is 0. The third kappa shape index (κ3) is 0.944. The van der Waals surface area contributed by atoms with Crippen LogP contribution < -0.4 is 10.9 Å². The lowest BCUT2D eigenvalue weighted by molar-refractivity contribution is 0.164. The van der Waals surface area contributed by atoms with Crippen LogP contribution in [0.2, 0.25) is 0 Å². The standard InChI is InChI=1S/C7H15N3/c1-10-5-3-6-2-4-8-9-7(6)10/h6-9H,2-5H2,1H3. The van der Waals surface area contributed by atoms with Gasteiger partial charge in [0.2, 0.25) is 0 Å². The highest BCUT2D eigenvalue weighted by Gasteiger charge is 2.32. The van der Waals surface area contributed by atoms with Crippen LogP contribution in [0.15, 0.2) is 0 Å². The molecule has 3 nitrogen and oxygen atoms in total. The van der Waals surface area contributed by atoms with Gasteiger partial charge in [-0.05, 0) is 32.4 Å². The van der Waals surface area contributed by atoms with Crippen molar-refractivity contribution in [1.82, 2.24) is 15.8 Å². The second-order valence-corrected chi connectivity index (χ2v) is 3.33. The van der Waals surface area contributed by atoms with Gasteiger partial charge in [0, 0.05) is 6.54 Å². The monoisotopic (exact) mass is 141 g/mol. The van der Waals surface area contributed by atoms with Crippen LogP contribution in [0.4, 0.5) is 0 Å². The molecule has 2 atom stereocenters. The molecule has 0 saturated carbocycles. The van der Waals surface area contributed by atoms with E-state index in [2.05, 4.69) is 22.8 Å². The van der Waals surface area contributed by atoms with Crippen molar-refractivity contribution in [2.75, 3.05) is 20.1 Å². The molecule has 2 N–H and O–H groups in total. The SMILES string of the molecule is CN1CCC2CCNNC21. The Morgan fingerprint density at radius 3 is 3.10 bits per heavy atom. The Bertz CT molecular complexity index is 124. The number of likely N-dealkylation sites (tertiary alicyclic amines) is 1. The van der Waals surface area contributed by atoms with Crippen molar-refractivity contribution in [1.29, 1.82) is 0 Å². The molecule has 2 aliphatic rings. The predicted octanol–water partition coefficient (Wildman–Crippen LogP) is -0.238. The normalized spacial score (nSPS) is 41.7. The first-order valence-electron chi connectivity index (χ1n) is 4.06. The fourth-order valence-electron chi connectivity index (χ4n) is 1.99. The average molecular weight is 141 g/mol. The number of fused-ring (bicyclic) bond motifs is 1. The molecule has 2 saturated heterocycles. The van der Waals surface area contributed by atoms with Crippen molar-refractivity contribution >= 4 is 0 Å². The topological polar surface area (TPSA) is 27.3 Å². The van der Waals surface area contributed by atoms with E-state index in [-0.39, 0.29) is 0 Å². The Labute approximate surface area is 61.7 Å². The summed E-state index contributed by atoms with van der Waals surface area (Å²) < 4.78 is 0. The smallest absolute Gasteiger partial charge is 0.0755 e. The maximum absolute atomic E-state index is 3.31. The quantitative estimate of drug-likeness (QED) is 0.487. The Hall–Kier alpha value is -0.120. The van der Waals surface area contributed by atoms with Gasteiger partial charge < -0.3 is 0 Å². The van der Waals surface area contributed by atoms with E-state index in [9.17, 15) is 0 Å². The molecule has 2 fully saturated rings. The molecule has 2 heterocycles. The van der Waals surface area contributed by atoms with Gasteiger partial charge in [-0.15, -0.1) is 0 Å². The number of hydrogen-bond donors (Lipinski definition) is 2. The molecule has 2 unspecified atom stereocenters. The summed E-state index contributed by atoms with van der Waals surface area (Å²) in [4.78, 5) is 2.39. The summed E-state index contributed by atoms with van der Waals surface area (Å²) in [6, 6.07) is 0. The summed E-state index contributed by atoms with van der Waals surface area (Å²) in [5.74, 6) is 0.895. The van der Waals surface area contributed by atoms with Crippen LogP contribution in [0, 0.1) is 5.92 Å². The minimum atomic E-state index is 0.605. The molecule has 2 aliphatic heterocycles. The van der Waals surface area contributed by atoms with Gasteiger partial charge in [0.15, 0.2) is 0 Å². The van der Waals surface area contributed by atoms with Crippen molar-refractivity contribution in [3.05, 3.63) is 0 Å². The average Bonchev–Trinajstić information content (AvgIpc) is 2.34. The number of hydrazine groups is 1. The molecule has 0 bridgehead atoms. The zero-order valence-electron chi connectivity index (χ0n) is 6.43. The van der Waals surface area contributed by atoms with Gasteiger partial charge in [-0.25, -0.2) is 5.43 Å². The predicted molar refractivity (Wildman–Crippen MR) is 40.3 cm³/mol. The molecular weight excluding hydrogens is 126 g/mol. The molecule has 10 heavy (non-hydrogen) atoms. The lowest BCUT2D eigenvalue weighted by atomic mass is 10.0. The van der Waals surface area contributed by atoms with Gasteiger partial charge >= 0.3 is 0 Å². The van der Waals surface area contributed by atoms with E-state index in [1.807, 2.05) is 0 Å². The maximum Gasteiger partial charge on any atom is 0.0755 e. The molecular formula is C7H15N3. The third-order valence-electron chi connectivity index (χ3n) is 2.66. The molecule has 0 amide bonds. The molecule has 3 heteroatoms. The van der Waals surface area contributed by atoms with Gasteiger partial charge in [0.05, 0.1) is 6.17 Å². The Morgan fingerprint density at radius 1 is 1.40 bits per heavy atom. The number of rotatable bonds is 0. The third-order valence-corrected chi connectivity index (χ3v) is 2.66. The van der Waals surface area contributed by atoms with Gasteiger partial charge in [-0.1, -0.05) is 0 Å². The van der Waals surface area contributed by atoms with E-state index in [1.54, 1.807) is 0 Å². The lowest BCUT2D eigenvalue weighted by Crippen LogP contribution is -2.54.